The highest BCUT2D eigenvalue weighted by Gasteiger charge is 2.10. The lowest BCUT2D eigenvalue weighted by atomic mass is 10.0. The smallest absolute Gasteiger partial charge is 0.191 e. The van der Waals surface area contributed by atoms with E-state index in [0.717, 1.165) is 6.54 Å². The van der Waals surface area contributed by atoms with Gasteiger partial charge in [-0.25, -0.2) is 0 Å². The Morgan fingerprint density at radius 1 is 1.17 bits per heavy atom. The van der Waals surface area contributed by atoms with E-state index in [-0.39, 0.29) is 6.04 Å². The number of aromatic nitrogens is 4. The molecule has 18 heavy (non-hydrogen) atoms. The summed E-state index contributed by atoms with van der Waals surface area (Å²) in [6.07, 6.45) is 0. The van der Waals surface area contributed by atoms with Crippen molar-refractivity contribution in [1.29, 1.82) is 0 Å². The summed E-state index contributed by atoms with van der Waals surface area (Å²) < 4.78 is 0. The molecule has 1 aromatic carbocycles. The van der Waals surface area contributed by atoms with E-state index < -0.39 is 0 Å². The maximum atomic E-state index is 3.97. The number of H-pyrrole nitrogens is 1. The molecule has 2 N–H and O–H groups in total. The van der Waals surface area contributed by atoms with Crippen LogP contribution in [0.15, 0.2) is 12.1 Å². The third-order valence-corrected chi connectivity index (χ3v) is 3.30. The van der Waals surface area contributed by atoms with Crippen LogP contribution >= 0.6 is 0 Å². The molecular weight excluding hydrogens is 226 g/mol. The number of tetrazole rings is 1. The monoisotopic (exact) mass is 245 g/mol. The summed E-state index contributed by atoms with van der Waals surface area (Å²) in [5.74, 6) is 0.691. The van der Waals surface area contributed by atoms with Crippen molar-refractivity contribution in [2.24, 2.45) is 0 Å². The van der Waals surface area contributed by atoms with Crippen molar-refractivity contribution in [3.05, 3.63) is 40.2 Å². The van der Waals surface area contributed by atoms with E-state index >= 15 is 0 Å². The molecule has 0 aliphatic carbocycles. The molecule has 0 aliphatic rings. The van der Waals surface area contributed by atoms with Crippen molar-refractivity contribution in [1.82, 2.24) is 25.9 Å². The predicted molar refractivity (Wildman–Crippen MR) is 70.1 cm³/mol. The van der Waals surface area contributed by atoms with Crippen LogP contribution in [0.4, 0.5) is 0 Å². The molecule has 1 aromatic heterocycles. The molecule has 0 spiro atoms. The van der Waals surface area contributed by atoms with Crippen LogP contribution in [0, 0.1) is 20.8 Å². The average molecular weight is 245 g/mol. The van der Waals surface area contributed by atoms with Gasteiger partial charge in [0.2, 0.25) is 0 Å². The summed E-state index contributed by atoms with van der Waals surface area (Å²) in [6.45, 7) is 9.26. The summed E-state index contributed by atoms with van der Waals surface area (Å²) in [7, 11) is 0. The van der Waals surface area contributed by atoms with E-state index in [4.69, 9.17) is 0 Å². The van der Waals surface area contributed by atoms with E-state index in [2.05, 4.69) is 58.8 Å². The number of aryl methyl sites for hydroxylation is 3. The number of hydrogen-bond acceptors (Lipinski definition) is 4. The van der Waals surface area contributed by atoms with Crippen molar-refractivity contribution in [2.45, 2.75) is 40.3 Å². The van der Waals surface area contributed by atoms with Crippen LogP contribution < -0.4 is 5.32 Å². The van der Waals surface area contributed by atoms with Crippen molar-refractivity contribution < 1.29 is 0 Å². The first-order valence-corrected chi connectivity index (χ1v) is 6.11. The van der Waals surface area contributed by atoms with Gasteiger partial charge in [-0.15, -0.1) is 10.2 Å². The second-order valence-electron chi connectivity index (χ2n) is 4.74. The van der Waals surface area contributed by atoms with E-state index in [9.17, 15) is 0 Å². The largest absolute Gasteiger partial charge is 0.303 e. The van der Waals surface area contributed by atoms with Crippen LogP contribution in [0.1, 0.15) is 41.0 Å². The lowest BCUT2D eigenvalue weighted by molar-refractivity contribution is 0.545. The molecule has 0 bridgehead atoms. The average Bonchev–Trinajstić information content (AvgIpc) is 2.85. The summed E-state index contributed by atoms with van der Waals surface area (Å²) >= 11 is 0. The Morgan fingerprint density at radius 3 is 2.56 bits per heavy atom. The summed E-state index contributed by atoms with van der Waals surface area (Å²) in [4.78, 5) is 0. The SMILES string of the molecule is Cc1cc(C)c(CNC(C)c2nn[nH]n2)cc1C. The molecule has 0 saturated heterocycles. The Bertz CT molecular complexity index is 518. The van der Waals surface area contributed by atoms with Crippen LogP contribution in [0.25, 0.3) is 0 Å². The van der Waals surface area contributed by atoms with Crippen molar-refractivity contribution >= 4 is 0 Å². The minimum atomic E-state index is 0.0877. The highest BCUT2D eigenvalue weighted by atomic mass is 15.5. The third-order valence-electron chi connectivity index (χ3n) is 3.30. The van der Waals surface area contributed by atoms with Crippen LogP contribution in [0.5, 0.6) is 0 Å². The summed E-state index contributed by atoms with van der Waals surface area (Å²) in [5.41, 5.74) is 5.28. The Hall–Kier alpha value is -1.75. The fourth-order valence-electron chi connectivity index (χ4n) is 1.92. The minimum absolute atomic E-state index is 0.0877. The molecule has 0 amide bonds. The Kier molecular flexibility index (Phi) is 3.72. The second-order valence-corrected chi connectivity index (χ2v) is 4.74. The number of nitrogens with one attached hydrogen (secondary N) is 2. The van der Waals surface area contributed by atoms with Gasteiger partial charge in [0, 0.05) is 6.54 Å². The van der Waals surface area contributed by atoms with Gasteiger partial charge in [-0.05, 0) is 49.9 Å². The number of benzene rings is 1. The van der Waals surface area contributed by atoms with Crippen molar-refractivity contribution in [3.8, 4) is 0 Å². The van der Waals surface area contributed by atoms with Gasteiger partial charge in [0.25, 0.3) is 0 Å². The first-order chi connectivity index (χ1) is 8.58. The first-order valence-electron chi connectivity index (χ1n) is 6.11. The highest BCUT2D eigenvalue weighted by Crippen LogP contribution is 2.16. The van der Waals surface area contributed by atoms with Crippen molar-refractivity contribution in [2.75, 3.05) is 0 Å². The van der Waals surface area contributed by atoms with Crippen LogP contribution in [0.3, 0.4) is 0 Å². The molecule has 1 heterocycles. The van der Waals surface area contributed by atoms with Gasteiger partial charge in [0.1, 0.15) is 0 Å². The summed E-state index contributed by atoms with van der Waals surface area (Å²) in [5, 5.41) is 17.4. The second kappa shape index (κ2) is 5.27. The van der Waals surface area contributed by atoms with Gasteiger partial charge in [-0.2, -0.15) is 5.21 Å². The fraction of sp³-hybridized carbons (Fsp3) is 0.462. The third kappa shape index (κ3) is 2.73. The maximum absolute atomic E-state index is 3.97. The Morgan fingerprint density at radius 2 is 1.89 bits per heavy atom. The summed E-state index contributed by atoms with van der Waals surface area (Å²) in [6, 6.07) is 4.55. The molecule has 0 aliphatic heterocycles. The number of hydrogen-bond donors (Lipinski definition) is 2. The maximum Gasteiger partial charge on any atom is 0.191 e. The lowest BCUT2D eigenvalue weighted by Crippen LogP contribution is -2.20. The van der Waals surface area contributed by atoms with Gasteiger partial charge in [0.05, 0.1) is 6.04 Å². The zero-order valence-electron chi connectivity index (χ0n) is 11.3. The fourth-order valence-corrected chi connectivity index (χ4v) is 1.92. The normalized spacial score (nSPS) is 12.7. The molecule has 0 fully saturated rings. The quantitative estimate of drug-likeness (QED) is 0.864. The van der Waals surface area contributed by atoms with Crippen LogP contribution in [0.2, 0.25) is 0 Å². The molecule has 1 atom stereocenters. The predicted octanol–water partition coefficient (Wildman–Crippen LogP) is 1.98. The zero-order chi connectivity index (χ0) is 13.1. The van der Waals surface area contributed by atoms with Gasteiger partial charge in [-0.1, -0.05) is 17.3 Å². The molecular formula is C13H19N5. The molecule has 0 radical (unpaired) electrons. The van der Waals surface area contributed by atoms with E-state index in [0.29, 0.717) is 5.82 Å². The van der Waals surface area contributed by atoms with Gasteiger partial charge < -0.3 is 5.32 Å². The molecule has 2 rings (SSSR count). The molecule has 5 heteroatoms. The topological polar surface area (TPSA) is 66.5 Å². The molecule has 2 aromatic rings. The molecule has 1 unspecified atom stereocenters. The van der Waals surface area contributed by atoms with Gasteiger partial charge in [-0.3, -0.25) is 0 Å². The van der Waals surface area contributed by atoms with Gasteiger partial charge in [0.15, 0.2) is 5.82 Å². The van der Waals surface area contributed by atoms with Crippen LogP contribution in [-0.2, 0) is 6.54 Å². The standard InChI is InChI=1S/C13H19N5/c1-8-5-10(3)12(6-9(8)2)7-14-11(4)13-15-17-18-16-13/h5-6,11,14H,7H2,1-4H3,(H,15,16,17,18). The van der Waals surface area contributed by atoms with E-state index in [1.54, 1.807) is 0 Å². The van der Waals surface area contributed by atoms with Gasteiger partial charge >= 0.3 is 0 Å². The van der Waals surface area contributed by atoms with E-state index in [1.807, 2.05) is 6.92 Å². The number of rotatable bonds is 4. The van der Waals surface area contributed by atoms with Crippen LogP contribution in [-0.4, -0.2) is 20.6 Å². The zero-order valence-corrected chi connectivity index (χ0v) is 11.3. The molecule has 0 saturated carbocycles. The highest BCUT2D eigenvalue weighted by molar-refractivity contribution is 5.36. The Balaban J connectivity index is 2.04. The lowest BCUT2D eigenvalue weighted by Gasteiger charge is -2.13. The molecule has 96 valence electrons. The number of aromatic amines is 1. The first kappa shape index (κ1) is 12.7. The minimum Gasteiger partial charge on any atom is -0.303 e. The Labute approximate surface area is 107 Å². The van der Waals surface area contributed by atoms with E-state index in [1.165, 1.54) is 22.3 Å². The number of nitrogens with zero attached hydrogens (tertiary/aromatic N) is 3. The molecule has 5 nitrogen and oxygen atoms in total. The van der Waals surface area contributed by atoms with Crippen molar-refractivity contribution in [3.63, 3.8) is 0 Å².